The molecule has 0 aliphatic rings. The standard InChI is InChI=1S/C21H41N5O5S/c1-5-13(4)17(26-18(27)14(23)10-12(2)3)20(29)24-15(8-6-7-9-22)19(28)25-16(11-32)21(30)31/h12-17,32H,5-11,22-23H2,1-4H3,(H,24,29)(H,25,28)(H,26,27)(H,30,31). The van der Waals surface area contributed by atoms with Crippen LogP contribution >= 0.6 is 12.6 Å². The van der Waals surface area contributed by atoms with E-state index in [2.05, 4.69) is 28.6 Å². The highest BCUT2D eigenvalue weighted by molar-refractivity contribution is 7.80. The molecule has 0 rings (SSSR count). The largest absolute Gasteiger partial charge is 0.480 e. The van der Waals surface area contributed by atoms with Gasteiger partial charge in [-0.3, -0.25) is 14.4 Å². The van der Waals surface area contributed by atoms with E-state index in [9.17, 15) is 24.3 Å². The van der Waals surface area contributed by atoms with Gasteiger partial charge in [-0.15, -0.1) is 0 Å². The van der Waals surface area contributed by atoms with Crippen LogP contribution in [0.2, 0.25) is 0 Å². The van der Waals surface area contributed by atoms with Crippen LogP contribution in [-0.2, 0) is 19.2 Å². The topological polar surface area (TPSA) is 177 Å². The second-order valence-electron chi connectivity index (χ2n) is 8.54. The number of nitrogens with two attached hydrogens (primary N) is 2. The van der Waals surface area contributed by atoms with Crippen molar-refractivity contribution >= 4 is 36.3 Å². The summed E-state index contributed by atoms with van der Waals surface area (Å²) in [7, 11) is 0. The maximum Gasteiger partial charge on any atom is 0.327 e. The molecule has 8 N–H and O–H groups in total. The van der Waals surface area contributed by atoms with E-state index in [1.807, 2.05) is 27.7 Å². The molecule has 0 aromatic rings. The minimum atomic E-state index is -1.22. The molecule has 0 fully saturated rings. The summed E-state index contributed by atoms with van der Waals surface area (Å²) < 4.78 is 0. The lowest BCUT2D eigenvalue weighted by molar-refractivity contribution is -0.141. The van der Waals surface area contributed by atoms with Gasteiger partial charge in [-0.1, -0.05) is 34.1 Å². The molecule has 10 nitrogen and oxygen atoms in total. The lowest BCUT2D eigenvalue weighted by atomic mass is 9.96. The van der Waals surface area contributed by atoms with Gasteiger partial charge in [0.2, 0.25) is 17.7 Å². The molecule has 186 valence electrons. The van der Waals surface area contributed by atoms with Crippen LogP contribution in [-0.4, -0.2) is 65.3 Å². The second-order valence-corrected chi connectivity index (χ2v) is 8.90. The highest BCUT2D eigenvalue weighted by atomic mass is 32.1. The van der Waals surface area contributed by atoms with E-state index in [0.29, 0.717) is 32.2 Å². The van der Waals surface area contributed by atoms with Crippen molar-refractivity contribution in [3.8, 4) is 0 Å². The van der Waals surface area contributed by atoms with Crippen molar-refractivity contribution in [1.29, 1.82) is 0 Å². The first-order chi connectivity index (χ1) is 15.0. The van der Waals surface area contributed by atoms with Crippen molar-refractivity contribution < 1.29 is 24.3 Å². The number of nitrogens with one attached hydrogen (secondary N) is 3. The van der Waals surface area contributed by atoms with Gasteiger partial charge in [-0.2, -0.15) is 12.6 Å². The van der Waals surface area contributed by atoms with Gasteiger partial charge in [0.25, 0.3) is 0 Å². The van der Waals surface area contributed by atoms with E-state index in [1.54, 1.807) is 0 Å². The predicted octanol–water partition coefficient (Wildman–Crippen LogP) is 0.00370. The number of thiol groups is 1. The van der Waals surface area contributed by atoms with Crippen molar-refractivity contribution in [1.82, 2.24) is 16.0 Å². The number of carboxylic acids is 1. The molecule has 3 amide bonds. The summed E-state index contributed by atoms with van der Waals surface area (Å²) in [6.45, 7) is 8.04. The number of carbonyl (C=O) groups is 4. The molecular weight excluding hydrogens is 434 g/mol. The Bertz CT molecular complexity index is 619. The number of amides is 3. The van der Waals surface area contributed by atoms with E-state index in [1.165, 1.54) is 0 Å². The Labute approximate surface area is 196 Å². The molecule has 0 aromatic carbocycles. The Balaban J connectivity index is 5.45. The molecule has 0 aliphatic heterocycles. The number of hydrogen-bond acceptors (Lipinski definition) is 7. The molecular formula is C21H41N5O5S. The number of unbranched alkanes of at least 4 members (excludes halogenated alkanes) is 1. The summed E-state index contributed by atoms with van der Waals surface area (Å²) in [5.74, 6) is -2.87. The first-order valence-electron chi connectivity index (χ1n) is 11.2. The molecule has 5 atom stereocenters. The molecule has 0 bridgehead atoms. The number of hydrogen-bond donors (Lipinski definition) is 7. The predicted molar refractivity (Wildman–Crippen MR) is 127 cm³/mol. The molecule has 0 radical (unpaired) electrons. The fraction of sp³-hybridized carbons (Fsp3) is 0.810. The number of rotatable bonds is 16. The summed E-state index contributed by atoms with van der Waals surface area (Å²) in [6.07, 6.45) is 2.58. The SMILES string of the molecule is CCC(C)C(NC(=O)C(N)CC(C)C)C(=O)NC(CCCCN)C(=O)NC(CS)C(=O)O. The maximum absolute atomic E-state index is 13.1. The van der Waals surface area contributed by atoms with Crippen molar-refractivity contribution in [3.63, 3.8) is 0 Å². The van der Waals surface area contributed by atoms with Gasteiger partial charge in [0, 0.05) is 5.75 Å². The normalized spacial score (nSPS) is 15.9. The first kappa shape index (κ1) is 30.1. The summed E-state index contributed by atoms with van der Waals surface area (Å²) >= 11 is 3.95. The fourth-order valence-electron chi connectivity index (χ4n) is 3.06. The highest BCUT2D eigenvalue weighted by Gasteiger charge is 2.32. The monoisotopic (exact) mass is 475 g/mol. The minimum absolute atomic E-state index is 0.0934. The van der Waals surface area contributed by atoms with Gasteiger partial charge >= 0.3 is 5.97 Å². The van der Waals surface area contributed by atoms with Gasteiger partial charge in [0.15, 0.2) is 0 Å². The summed E-state index contributed by atoms with van der Waals surface area (Å²) in [6, 6.07) is -3.78. The van der Waals surface area contributed by atoms with Crippen molar-refractivity contribution in [2.45, 2.75) is 84.0 Å². The first-order valence-corrected chi connectivity index (χ1v) is 11.8. The molecule has 11 heteroatoms. The van der Waals surface area contributed by atoms with Gasteiger partial charge in [-0.25, -0.2) is 4.79 Å². The quantitative estimate of drug-likeness (QED) is 0.121. The van der Waals surface area contributed by atoms with E-state index >= 15 is 0 Å². The van der Waals surface area contributed by atoms with Crippen LogP contribution in [0.4, 0.5) is 0 Å². The van der Waals surface area contributed by atoms with E-state index in [4.69, 9.17) is 11.5 Å². The van der Waals surface area contributed by atoms with Crippen LogP contribution in [0.1, 0.15) is 59.8 Å². The Hall–Kier alpha value is -1.85. The van der Waals surface area contributed by atoms with Crippen molar-refractivity contribution in [2.24, 2.45) is 23.3 Å². The van der Waals surface area contributed by atoms with Crippen LogP contribution in [0.25, 0.3) is 0 Å². The fourth-order valence-corrected chi connectivity index (χ4v) is 3.31. The molecule has 32 heavy (non-hydrogen) atoms. The zero-order chi connectivity index (χ0) is 24.8. The van der Waals surface area contributed by atoms with Gasteiger partial charge in [0.1, 0.15) is 18.1 Å². The number of aliphatic carboxylic acids is 1. The Morgan fingerprint density at radius 1 is 0.938 bits per heavy atom. The van der Waals surface area contributed by atoms with Gasteiger partial charge < -0.3 is 32.5 Å². The van der Waals surface area contributed by atoms with Crippen LogP contribution in [0, 0.1) is 11.8 Å². The van der Waals surface area contributed by atoms with Crippen LogP contribution in [0.3, 0.4) is 0 Å². The molecule has 0 saturated carbocycles. The second kappa shape index (κ2) is 15.9. The maximum atomic E-state index is 13.1. The molecule has 0 aliphatic carbocycles. The van der Waals surface area contributed by atoms with Crippen molar-refractivity contribution in [3.05, 3.63) is 0 Å². The number of carbonyl (C=O) groups excluding carboxylic acids is 3. The van der Waals surface area contributed by atoms with E-state index < -0.39 is 47.9 Å². The van der Waals surface area contributed by atoms with Gasteiger partial charge in [-0.05, 0) is 44.1 Å². The number of carboxylic acid groups (broad SMARTS) is 1. The smallest absolute Gasteiger partial charge is 0.327 e. The third kappa shape index (κ3) is 11.1. The molecule has 5 unspecified atom stereocenters. The Morgan fingerprint density at radius 2 is 1.53 bits per heavy atom. The lowest BCUT2D eigenvalue weighted by Gasteiger charge is -2.28. The minimum Gasteiger partial charge on any atom is -0.480 e. The third-order valence-corrected chi connectivity index (χ3v) is 5.60. The lowest BCUT2D eigenvalue weighted by Crippen LogP contribution is -2.58. The average Bonchev–Trinajstić information content (AvgIpc) is 2.73. The van der Waals surface area contributed by atoms with Crippen LogP contribution < -0.4 is 27.4 Å². The van der Waals surface area contributed by atoms with Crippen LogP contribution in [0.15, 0.2) is 0 Å². The summed E-state index contributed by atoms with van der Waals surface area (Å²) in [4.78, 5) is 49.5. The zero-order valence-electron chi connectivity index (χ0n) is 19.6. The Kier molecular flexibility index (Phi) is 15.0. The molecule has 0 saturated heterocycles. The van der Waals surface area contributed by atoms with E-state index in [0.717, 1.165) is 0 Å². The highest BCUT2D eigenvalue weighted by Crippen LogP contribution is 2.11. The zero-order valence-corrected chi connectivity index (χ0v) is 20.5. The summed E-state index contributed by atoms with van der Waals surface area (Å²) in [5, 5.41) is 17.0. The van der Waals surface area contributed by atoms with E-state index in [-0.39, 0.29) is 24.0 Å². The van der Waals surface area contributed by atoms with Crippen molar-refractivity contribution in [2.75, 3.05) is 12.3 Å². The van der Waals surface area contributed by atoms with Crippen LogP contribution in [0.5, 0.6) is 0 Å². The summed E-state index contributed by atoms with van der Waals surface area (Å²) in [5.41, 5.74) is 11.5. The molecule has 0 heterocycles. The molecule has 0 aromatic heterocycles. The van der Waals surface area contributed by atoms with Gasteiger partial charge in [0.05, 0.1) is 6.04 Å². The third-order valence-electron chi connectivity index (χ3n) is 5.23. The average molecular weight is 476 g/mol. The Morgan fingerprint density at radius 3 is 2.00 bits per heavy atom. The molecule has 0 spiro atoms.